The van der Waals surface area contributed by atoms with Crippen molar-refractivity contribution >= 4 is 22.4 Å². The number of hydrogen-bond acceptors (Lipinski definition) is 6. The Hall–Kier alpha value is -1.96. The molecular weight excluding hydrogens is 350 g/mol. The number of amides is 1. The second-order valence-electron chi connectivity index (χ2n) is 6.75. The Bertz CT molecular complexity index is 722. The van der Waals surface area contributed by atoms with E-state index in [0.29, 0.717) is 10.9 Å². The summed E-state index contributed by atoms with van der Waals surface area (Å²) in [6, 6.07) is 7.62. The van der Waals surface area contributed by atoms with Crippen LogP contribution in [0.5, 0.6) is 5.75 Å². The number of morpholine rings is 1. The van der Waals surface area contributed by atoms with Gasteiger partial charge in [-0.25, -0.2) is 4.98 Å². The number of aromatic nitrogens is 1. The van der Waals surface area contributed by atoms with Crippen molar-refractivity contribution in [3.05, 3.63) is 40.9 Å². The van der Waals surface area contributed by atoms with E-state index in [1.165, 1.54) is 11.3 Å². The highest BCUT2D eigenvalue weighted by Gasteiger charge is 2.22. The minimum absolute atomic E-state index is 0.0313. The molecule has 1 aliphatic heterocycles. The van der Waals surface area contributed by atoms with Crippen molar-refractivity contribution in [3.8, 4) is 5.75 Å². The van der Waals surface area contributed by atoms with Crippen LogP contribution >= 0.6 is 11.3 Å². The van der Waals surface area contributed by atoms with Gasteiger partial charge >= 0.3 is 0 Å². The largest absolute Gasteiger partial charge is 0.484 e. The number of nitrogens with zero attached hydrogens (tertiary/aromatic N) is 2. The molecule has 140 valence electrons. The maximum absolute atomic E-state index is 12.0. The average molecular weight is 375 g/mol. The minimum Gasteiger partial charge on any atom is -0.484 e. The van der Waals surface area contributed by atoms with Gasteiger partial charge in [0.25, 0.3) is 5.91 Å². The number of carbonyl (C=O) groups is 1. The van der Waals surface area contributed by atoms with E-state index in [1.54, 1.807) is 0 Å². The predicted octanol–water partition coefficient (Wildman–Crippen LogP) is 3.08. The molecule has 0 radical (unpaired) electrons. The van der Waals surface area contributed by atoms with Crippen LogP contribution in [-0.4, -0.2) is 47.7 Å². The van der Waals surface area contributed by atoms with E-state index < -0.39 is 0 Å². The monoisotopic (exact) mass is 375 g/mol. The van der Waals surface area contributed by atoms with Gasteiger partial charge in [0, 0.05) is 25.0 Å². The number of nitrogens with one attached hydrogen (secondary N) is 1. The summed E-state index contributed by atoms with van der Waals surface area (Å²) in [7, 11) is 0. The summed E-state index contributed by atoms with van der Waals surface area (Å²) in [4.78, 5) is 18.9. The minimum atomic E-state index is -0.208. The van der Waals surface area contributed by atoms with E-state index in [1.807, 2.05) is 36.6 Å². The third-order valence-electron chi connectivity index (χ3n) is 4.07. The van der Waals surface area contributed by atoms with Gasteiger partial charge in [0.05, 0.1) is 17.9 Å². The Morgan fingerprint density at radius 2 is 2.00 bits per heavy atom. The maximum atomic E-state index is 12.0. The zero-order chi connectivity index (χ0) is 18.5. The first-order chi connectivity index (χ1) is 12.5. The normalized spacial score (nSPS) is 20.7. The zero-order valence-electron chi connectivity index (χ0n) is 15.4. The quantitative estimate of drug-likeness (QED) is 0.841. The molecule has 0 aliphatic carbocycles. The second-order valence-corrected chi connectivity index (χ2v) is 7.60. The summed E-state index contributed by atoms with van der Waals surface area (Å²) in [6.45, 7) is 8.71. The molecule has 0 spiro atoms. The number of ether oxygens (including phenoxy) is 2. The van der Waals surface area contributed by atoms with Crippen molar-refractivity contribution in [2.24, 2.45) is 0 Å². The summed E-state index contributed by atoms with van der Waals surface area (Å²) in [5, 5.41) is 5.39. The molecule has 1 aromatic carbocycles. The third-order valence-corrected chi connectivity index (χ3v) is 4.88. The first kappa shape index (κ1) is 18.8. The van der Waals surface area contributed by atoms with E-state index in [2.05, 4.69) is 29.0 Å². The van der Waals surface area contributed by atoms with Crippen LogP contribution in [0.25, 0.3) is 0 Å². The number of hydrogen-bond donors (Lipinski definition) is 1. The SMILES string of the molecule is Cc1ccc(OCC(=O)Nc2nc(CN3CC(C)OC(C)C3)cs2)cc1. The van der Waals surface area contributed by atoms with Gasteiger partial charge in [-0.15, -0.1) is 11.3 Å². The van der Waals surface area contributed by atoms with Crippen LogP contribution in [0.15, 0.2) is 29.6 Å². The topological polar surface area (TPSA) is 63.7 Å². The molecule has 7 heteroatoms. The molecule has 0 bridgehead atoms. The number of aryl methyl sites for hydroxylation is 1. The summed E-state index contributed by atoms with van der Waals surface area (Å²) < 4.78 is 11.2. The van der Waals surface area contributed by atoms with Crippen LogP contribution in [0.2, 0.25) is 0 Å². The fraction of sp³-hybridized carbons (Fsp3) is 0.474. The molecule has 1 N–H and O–H groups in total. The number of thiazole rings is 1. The molecule has 1 aromatic heterocycles. The van der Waals surface area contributed by atoms with Crippen molar-refractivity contribution in [2.45, 2.75) is 39.5 Å². The third kappa shape index (κ3) is 5.52. The van der Waals surface area contributed by atoms with E-state index in [0.717, 1.165) is 30.9 Å². The van der Waals surface area contributed by atoms with Crippen LogP contribution in [0.3, 0.4) is 0 Å². The Labute approximate surface area is 158 Å². The van der Waals surface area contributed by atoms with Crippen LogP contribution in [0.1, 0.15) is 25.1 Å². The summed E-state index contributed by atoms with van der Waals surface area (Å²) in [5.74, 6) is 0.473. The first-order valence-corrected chi connectivity index (χ1v) is 9.67. The van der Waals surface area contributed by atoms with Crippen molar-refractivity contribution in [1.29, 1.82) is 0 Å². The lowest BCUT2D eigenvalue weighted by atomic mass is 10.2. The molecule has 2 aromatic rings. The van der Waals surface area contributed by atoms with E-state index in [-0.39, 0.29) is 24.7 Å². The summed E-state index contributed by atoms with van der Waals surface area (Å²) in [5.41, 5.74) is 2.12. The van der Waals surface area contributed by atoms with Crippen molar-refractivity contribution in [2.75, 3.05) is 25.0 Å². The summed E-state index contributed by atoms with van der Waals surface area (Å²) in [6.07, 6.45) is 0.464. The second kappa shape index (κ2) is 8.62. The molecule has 1 saturated heterocycles. The standard InChI is InChI=1S/C19H25N3O3S/c1-13-4-6-17(7-5-13)24-11-18(23)21-19-20-16(12-26-19)10-22-8-14(2)25-15(3)9-22/h4-7,12,14-15H,8-11H2,1-3H3,(H,20,21,23). The van der Waals surface area contributed by atoms with Crippen LogP contribution < -0.4 is 10.1 Å². The summed E-state index contributed by atoms with van der Waals surface area (Å²) >= 11 is 1.44. The van der Waals surface area contributed by atoms with Crippen molar-refractivity contribution in [1.82, 2.24) is 9.88 Å². The lowest BCUT2D eigenvalue weighted by Crippen LogP contribution is -2.44. The van der Waals surface area contributed by atoms with Gasteiger partial charge in [0.1, 0.15) is 5.75 Å². The highest BCUT2D eigenvalue weighted by molar-refractivity contribution is 7.13. The molecule has 6 nitrogen and oxygen atoms in total. The molecule has 0 saturated carbocycles. The highest BCUT2D eigenvalue weighted by Crippen LogP contribution is 2.19. The molecule has 1 fully saturated rings. The molecule has 1 amide bonds. The Balaban J connectivity index is 1.46. The fourth-order valence-electron chi connectivity index (χ4n) is 3.02. The van der Waals surface area contributed by atoms with E-state index in [4.69, 9.17) is 9.47 Å². The van der Waals surface area contributed by atoms with Crippen molar-refractivity contribution in [3.63, 3.8) is 0 Å². The van der Waals surface area contributed by atoms with Gasteiger partial charge in [-0.1, -0.05) is 17.7 Å². The van der Waals surface area contributed by atoms with Gasteiger partial charge in [-0.2, -0.15) is 0 Å². The molecule has 3 rings (SSSR count). The average Bonchev–Trinajstić information content (AvgIpc) is 3.00. The molecule has 1 aliphatic rings. The molecular formula is C19H25N3O3S. The van der Waals surface area contributed by atoms with Gasteiger partial charge < -0.3 is 9.47 Å². The molecule has 26 heavy (non-hydrogen) atoms. The van der Waals surface area contributed by atoms with Crippen LogP contribution in [0, 0.1) is 6.92 Å². The van der Waals surface area contributed by atoms with Gasteiger partial charge in [-0.05, 0) is 32.9 Å². The van der Waals surface area contributed by atoms with Gasteiger partial charge in [0.15, 0.2) is 11.7 Å². The molecule has 2 unspecified atom stereocenters. The Morgan fingerprint density at radius 3 is 2.69 bits per heavy atom. The van der Waals surface area contributed by atoms with Crippen molar-refractivity contribution < 1.29 is 14.3 Å². The van der Waals surface area contributed by atoms with Gasteiger partial charge in [-0.3, -0.25) is 15.0 Å². The lowest BCUT2D eigenvalue weighted by molar-refractivity contribution is -0.118. The number of carbonyl (C=O) groups excluding carboxylic acids is 1. The maximum Gasteiger partial charge on any atom is 0.264 e. The smallest absolute Gasteiger partial charge is 0.264 e. The lowest BCUT2D eigenvalue weighted by Gasteiger charge is -2.34. The Kier molecular flexibility index (Phi) is 6.24. The number of anilines is 1. The molecule has 2 atom stereocenters. The first-order valence-electron chi connectivity index (χ1n) is 8.79. The Morgan fingerprint density at radius 1 is 1.31 bits per heavy atom. The fourth-order valence-corrected chi connectivity index (χ4v) is 3.74. The zero-order valence-corrected chi connectivity index (χ0v) is 16.2. The highest BCUT2D eigenvalue weighted by atomic mass is 32.1. The van der Waals surface area contributed by atoms with Crippen LogP contribution in [-0.2, 0) is 16.1 Å². The van der Waals surface area contributed by atoms with E-state index in [9.17, 15) is 4.79 Å². The molecule has 2 heterocycles. The predicted molar refractivity (Wildman–Crippen MR) is 103 cm³/mol. The number of benzene rings is 1. The van der Waals surface area contributed by atoms with Crippen LogP contribution in [0.4, 0.5) is 5.13 Å². The number of rotatable bonds is 6. The van der Waals surface area contributed by atoms with Gasteiger partial charge in [0.2, 0.25) is 0 Å². The van der Waals surface area contributed by atoms with E-state index >= 15 is 0 Å².